The van der Waals surface area contributed by atoms with E-state index in [-0.39, 0.29) is 34.0 Å². The number of carboxylic acid groups (broad SMARTS) is 1. The number of methoxy groups -OCH3 is 2. The smallest absolute Gasteiger partial charge is 0.335 e. The fourth-order valence-corrected chi connectivity index (χ4v) is 4.35. The summed E-state index contributed by atoms with van der Waals surface area (Å²) in [5.74, 6) is -2.10. The molecule has 4 rings (SSSR count). The number of aromatic carboxylic acids is 1. The van der Waals surface area contributed by atoms with Crippen molar-refractivity contribution in [3.05, 3.63) is 99.6 Å². The largest absolute Gasteiger partial charge is 0.507 e. The topological polar surface area (TPSA) is 113 Å². The molecule has 0 saturated carbocycles. The van der Waals surface area contributed by atoms with Gasteiger partial charge in [0.15, 0.2) is 0 Å². The molecule has 1 aliphatic heterocycles. The van der Waals surface area contributed by atoms with Crippen LogP contribution in [0.3, 0.4) is 0 Å². The van der Waals surface area contributed by atoms with Crippen molar-refractivity contribution in [1.82, 2.24) is 4.90 Å². The molecule has 0 spiro atoms. The lowest BCUT2D eigenvalue weighted by Crippen LogP contribution is -2.29. The van der Waals surface area contributed by atoms with E-state index < -0.39 is 23.7 Å². The second-order valence-corrected chi connectivity index (χ2v) is 8.46. The molecule has 2 N–H and O–H groups in total. The van der Waals surface area contributed by atoms with E-state index in [9.17, 15) is 19.5 Å². The highest BCUT2D eigenvalue weighted by Crippen LogP contribution is 2.41. The zero-order valence-corrected chi connectivity index (χ0v) is 20.2. The molecule has 1 heterocycles. The zero-order valence-electron chi connectivity index (χ0n) is 19.4. The SMILES string of the molecule is COc1ccc(C2/C(=C(/O)c3ccc(OC)c(Cl)c3)C(=O)C(=O)N2Cc2ccc(C(=O)O)cc2)cc1. The van der Waals surface area contributed by atoms with Crippen molar-refractivity contribution in [3.8, 4) is 11.5 Å². The predicted octanol–water partition coefficient (Wildman–Crippen LogP) is 4.68. The third-order valence-electron chi connectivity index (χ3n) is 5.95. The lowest BCUT2D eigenvalue weighted by molar-refractivity contribution is -0.140. The third-order valence-corrected chi connectivity index (χ3v) is 6.25. The number of benzene rings is 3. The van der Waals surface area contributed by atoms with E-state index in [1.165, 1.54) is 37.3 Å². The number of likely N-dealkylation sites (tertiary alicyclic amines) is 1. The van der Waals surface area contributed by atoms with Crippen LogP contribution in [-0.2, 0) is 16.1 Å². The first-order valence-electron chi connectivity index (χ1n) is 10.8. The van der Waals surface area contributed by atoms with Crippen LogP contribution in [0.15, 0.2) is 72.3 Å². The van der Waals surface area contributed by atoms with Crippen LogP contribution in [0.2, 0.25) is 5.02 Å². The van der Waals surface area contributed by atoms with Gasteiger partial charge in [-0.2, -0.15) is 0 Å². The highest BCUT2D eigenvalue weighted by Gasteiger charge is 2.46. The van der Waals surface area contributed by atoms with Gasteiger partial charge in [0.25, 0.3) is 11.7 Å². The molecule has 3 aromatic rings. The number of rotatable bonds is 7. The molecule has 36 heavy (non-hydrogen) atoms. The van der Waals surface area contributed by atoms with Crippen molar-refractivity contribution < 1.29 is 34.1 Å². The molecular weight excluding hydrogens is 486 g/mol. The standard InChI is InChI=1S/C27H22ClNO7/c1-35-19-10-7-16(8-11-19)23-22(24(30)18-9-12-21(36-2)20(28)13-18)25(31)26(32)29(23)14-15-3-5-17(6-4-15)27(33)34/h3-13,23,30H,14H2,1-2H3,(H,33,34)/b24-22-. The van der Waals surface area contributed by atoms with Gasteiger partial charge in [0.05, 0.1) is 36.4 Å². The minimum Gasteiger partial charge on any atom is -0.507 e. The van der Waals surface area contributed by atoms with Crippen molar-refractivity contribution in [3.63, 3.8) is 0 Å². The number of aliphatic hydroxyl groups excluding tert-OH is 1. The average molecular weight is 508 g/mol. The Morgan fingerprint density at radius 1 is 0.917 bits per heavy atom. The van der Waals surface area contributed by atoms with Gasteiger partial charge in [0.1, 0.15) is 17.3 Å². The number of amides is 1. The molecule has 184 valence electrons. The molecule has 1 aliphatic rings. The predicted molar refractivity (Wildman–Crippen MR) is 132 cm³/mol. The quantitative estimate of drug-likeness (QED) is 0.271. The van der Waals surface area contributed by atoms with Gasteiger partial charge < -0.3 is 24.6 Å². The van der Waals surface area contributed by atoms with Crippen molar-refractivity contribution in [2.24, 2.45) is 0 Å². The van der Waals surface area contributed by atoms with Crippen molar-refractivity contribution >= 4 is 35.0 Å². The summed E-state index contributed by atoms with van der Waals surface area (Å²) in [7, 11) is 2.98. The van der Waals surface area contributed by atoms with E-state index in [0.717, 1.165) is 0 Å². The summed E-state index contributed by atoms with van der Waals surface area (Å²) >= 11 is 6.23. The maximum absolute atomic E-state index is 13.2. The van der Waals surface area contributed by atoms with Crippen LogP contribution >= 0.6 is 11.6 Å². The van der Waals surface area contributed by atoms with Gasteiger partial charge in [0, 0.05) is 12.1 Å². The number of hydrogen-bond acceptors (Lipinski definition) is 6. The Hall–Kier alpha value is -4.30. The number of halogens is 1. The number of aliphatic hydroxyl groups is 1. The van der Waals surface area contributed by atoms with Crippen molar-refractivity contribution in [2.45, 2.75) is 12.6 Å². The molecule has 1 unspecified atom stereocenters. The summed E-state index contributed by atoms with van der Waals surface area (Å²) in [4.78, 5) is 38.9. The first-order chi connectivity index (χ1) is 17.2. The van der Waals surface area contributed by atoms with E-state index in [1.807, 2.05) is 0 Å². The molecule has 9 heteroatoms. The van der Waals surface area contributed by atoms with E-state index in [0.29, 0.717) is 22.6 Å². The second kappa shape index (κ2) is 10.1. The van der Waals surface area contributed by atoms with Gasteiger partial charge in [-0.25, -0.2) is 4.79 Å². The van der Waals surface area contributed by atoms with Crippen LogP contribution in [0.4, 0.5) is 0 Å². The minimum atomic E-state index is -1.07. The van der Waals surface area contributed by atoms with Crippen molar-refractivity contribution in [1.29, 1.82) is 0 Å². The Morgan fingerprint density at radius 2 is 1.56 bits per heavy atom. The molecular formula is C27H22ClNO7. The second-order valence-electron chi connectivity index (χ2n) is 8.05. The van der Waals surface area contributed by atoms with Crippen LogP contribution in [0, 0.1) is 0 Å². The van der Waals surface area contributed by atoms with E-state index >= 15 is 0 Å². The minimum absolute atomic E-state index is 0.0152. The summed E-state index contributed by atoms with van der Waals surface area (Å²) in [5, 5.41) is 20.6. The Labute approximate surface area is 211 Å². The maximum Gasteiger partial charge on any atom is 0.335 e. The van der Waals surface area contributed by atoms with E-state index in [1.54, 1.807) is 48.5 Å². The highest BCUT2D eigenvalue weighted by molar-refractivity contribution is 6.46. The number of carboxylic acids is 1. The molecule has 1 saturated heterocycles. The molecule has 3 aromatic carbocycles. The van der Waals surface area contributed by atoms with Crippen LogP contribution in [0.25, 0.3) is 5.76 Å². The first-order valence-corrected chi connectivity index (χ1v) is 11.2. The van der Waals surface area contributed by atoms with Crippen LogP contribution < -0.4 is 9.47 Å². The Balaban J connectivity index is 1.82. The monoisotopic (exact) mass is 507 g/mol. The number of Topliss-reactive ketones (excluding diaryl/α,β-unsaturated/α-hetero) is 1. The molecule has 0 radical (unpaired) electrons. The van der Waals surface area contributed by atoms with Gasteiger partial charge in [-0.15, -0.1) is 0 Å². The molecule has 8 nitrogen and oxygen atoms in total. The number of ketones is 1. The van der Waals surface area contributed by atoms with E-state index in [4.69, 9.17) is 26.2 Å². The lowest BCUT2D eigenvalue weighted by Gasteiger charge is -2.25. The summed E-state index contributed by atoms with van der Waals surface area (Å²) in [6.45, 7) is 0.0152. The molecule has 1 fully saturated rings. The Bertz CT molecular complexity index is 1360. The zero-order chi connectivity index (χ0) is 26.0. The third kappa shape index (κ3) is 4.63. The Morgan fingerprint density at radius 3 is 2.11 bits per heavy atom. The first kappa shape index (κ1) is 24.8. The fourth-order valence-electron chi connectivity index (χ4n) is 4.09. The summed E-state index contributed by atoms with van der Waals surface area (Å²) < 4.78 is 10.4. The van der Waals surface area contributed by atoms with Gasteiger partial charge in [-0.1, -0.05) is 35.9 Å². The van der Waals surface area contributed by atoms with Crippen LogP contribution in [0.5, 0.6) is 11.5 Å². The Kier molecular flexibility index (Phi) is 6.98. The number of nitrogens with zero attached hydrogens (tertiary/aromatic N) is 1. The highest BCUT2D eigenvalue weighted by atomic mass is 35.5. The number of carbonyl (C=O) groups excluding carboxylic acids is 2. The lowest BCUT2D eigenvalue weighted by atomic mass is 9.95. The maximum atomic E-state index is 13.2. The number of carbonyl (C=O) groups is 3. The molecule has 0 aromatic heterocycles. The molecule has 0 bridgehead atoms. The van der Waals surface area contributed by atoms with Crippen molar-refractivity contribution in [2.75, 3.05) is 14.2 Å². The number of ether oxygens (including phenoxy) is 2. The van der Waals surface area contributed by atoms with Gasteiger partial charge in [-0.05, 0) is 53.6 Å². The number of hydrogen-bond donors (Lipinski definition) is 2. The van der Waals surface area contributed by atoms with Gasteiger partial charge in [0.2, 0.25) is 0 Å². The summed E-state index contributed by atoms with van der Waals surface area (Å²) in [6.07, 6.45) is 0. The molecule has 1 atom stereocenters. The average Bonchev–Trinajstić information content (AvgIpc) is 3.13. The van der Waals surface area contributed by atoms with Gasteiger partial charge >= 0.3 is 5.97 Å². The van der Waals surface area contributed by atoms with E-state index in [2.05, 4.69) is 0 Å². The van der Waals surface area contributed by atoms with Crippen LogP contribution in [-0.4, -0.2) is 47.0 Å². The summed E-state index contributed by atoms with van der Waals surface area (Å²) in [5.41, 5.74) is 1.46. The normalized spacial score (nSPS) is 16.8. The van der Waals surface area contributed by atoms with Gasteiger partial charge in [-0.3, -0.25) is 9.59 Å². The summed E-state index contributed by atoms with van der Waals surface area (Å²) in [6, 6.07) is 16.5. The van der Waals surface area contributed by atoms with Crippen LogP contribution in [0.1, 0.15) is 33.1 Å². The molecule has 0 aliphatic carbocycles. The fraction of sp³-hybridized carbons (Fsp3) is 0.148. The molecule has 1 amide bonds.